The predicted molar refractivity (Wildman–Crippen MR) is 189 cm³/mol. The van der Waals surface area contributed by atoms with E-state index in [9.17, 15) is 0 Å². The van der Waals surface area contributed by atoms with Gasteiger partial charge in [0.25, 0.3) is 0 Å². The van der Waals surface area contributed by atoms with Gasteiger partial charge in [0.2, 0.25) is 0 Å². The van der Waals surface area contributed by atoms with E-state index in [1.807, 2.05) is 30.3 Å². The smallest absolute Gasteiger partial charge is 0.143 e. The van der Waals surface area contributed by atoms with Gasteiger partial charge in [-0.25, -0.2) is 0 Å². The van der Waals surface area contributed by atoms with Crippen molar-refractivity contribution in [3.8, 4) is 33.4 Å². The molecule has 0 bridgehead atoms. The van der Waals surface area contributed by atoms with Crippen LogP contribution in [0.15, 0.2) is 153 Å². The van der Waals surface area contributed by atoms with E-state index in [0.29, 0.717) is 0 Å². The Kier molecular flexibility index (Phi) is 5.20. The lowest BCUT2D eigenvalue weighted by Crippen LogP contribution is -1.87. The number of fused-ring (bicyclic) bond motifs is 9. The molecule has 0 amide bonds. The van der Waals surface area contributed by atoms with Gasteiger partial charge in [-0.2, -0.15) is 0 Å². The van der Waals surface area contributed by atoms with Gasteiger partial charge in [0.05, 0.1) is 0 Å². The van der Waals surface area contributed by atoms with Crippen molar-refractivity contribution in [2.75, 3.05) is 0 Å². The Bertz CT molecular complexity index is 2810. The zero-order valence-electron chi connectivity index (χ0n) is 25.0. The molecule has 0 radical (unpaired) electrons. The Morgan fingerprint density at radius 3 is 1.57 bits per heavy atom. The zero-order chi connectivity index (χ0) is 30.4. The molecule has 0 aliphatic rings. The van der Waals surface area contributed by atoms with Gasteiger partial charge in [0.1, 0.15) is 33.5 Å². The van der Waals surface area contributed by atoms with Crippen molar-refractivity contribution in [2.45, 2.75) is 6.92 Å². The number of hydrogen-bond donors (Lipinski definition) is 0. The van der Waals surface area contributed by atoms with Gasteiger partial charge in [-0.1, -0.05) is 103 Å². The standard InChI is InChI=1S/C43H26O3/c1-25-14-16-26(17-15-25)29-21-22-32(41-35-10-4-7-13-38(35)45-42(29)41)33-23-20-28(40-34-9-3-6-12-37(34)46-43(33)40)27-18-19-31-30-8-2-5-11-36(30)44-39(31)24-27/h2-24H,1H3. The van der Waals surface area contributed by atoms with Crippen LogP contribution >= 0.6 is 0 Å². The third-order valence-corrected chi connectivity index (χ3v) is 9.39. The van der Waals surface area contributed by atoms with Gasteiger partial charge in [0, 0.05) is 43.4 Å². The monoisotopic (exact) mass is 590 g/mol. The first kappa shape index (κ1) is 25.3. The summed E-state index contributed by atoms with van der Waals surface area (Å²) in [7, 11) is 0. The largest absolute Gasteiger partial charge is 0.456 e. The molecule has 0 spiro atoms. The molecular weight excluding hydrogens is 564 g/mol. The molecular formula is C43H26O3. The maximum absolute atomic E-state index is 6.75. The molecule has 3 heteroatoms. The van der Waals surface area contributed by atoms with E-state index >= 15 is 0 Å². The van der Waals surface area contributed by atoms with Crippen LogP contribution in [0.2, 0.25) is 0 Å². The summed E-state index contributed by atoms with van der Waals surface area (Å²) in [5, 5.41) is 6.60. The van der Waals surface area contributed by atoms with E-state index < -0.39 is 0 Å². The molecule has 3 heterocycles. The normalized spacial score (nSPS) is 12.0. The Balaban J connectivity index is 1.26. The van der Waals surface area contributed by atoms with E-state index in [4.69, 9.17) is 13.3 Å². The molecule has 46 heavy (non-hydrogen) atoms. The van der Waals surface area contributed by atoms with Crippen molar-refractivity contribution >= 4 is 65.8 Å². The lowest BCUT2D eigenvalue weighted by molar-refractivity contribution is 0.668. The van der Waals surface area contributed by atoms with Crippen LogP contribution in [0.25, 0.3) is 99.2 Å². The molecule has 0 unspecified atom stereocenters. The summed E-state index contributed by atoms with van der Waals surface area (Å²) in [6, 6.07) is 48.8. The summed E-state index contributed by atoms with van der Waals surface area (Å²) >= 11 is 0. The fourth-order valence-corrected chi connectivity index (χ4v) is 7.19. The molecule has 0 aliphatic carbocycles. The van der Waals surface area contributed by atoms with E-state index in [-0.39, 0.29) is 0 Å². The molecule has 0 atom stereocenters. The van der Waals surface area contributed by atoms with Crippen LogP contribution in [-0.4, -0.2) is 0 Å². The second-order valence-electron chi connectivity index (χ2n) is 12.1. The number of para-hydroxylation sites is 3. The summed E-state index contributed by atoms with van der Waals surface area (Å²) in [4.78, 5) is 0. The number of benzene rings is 7. The van der Waals surface area contributed by atoms with Crippen LogP contribution in [-0.2, 0) is 0 Å². The predicted octanol–water partition coefficient (Wildman–Crippen LogP) is 12.7. The third-order valence-electron chi connectivity index (χ3n) is 9.39. The van der Waals surface area contributed by atoms with E-state index in [2.05, 4.69) is 116 Å². The van der Waals surface area contributed by atoms with Crippen molar-refractivity contribution in [2.24, 2.45) is 0 Å². The average Bonchev–Trinajstić information content (AvgIpc) is 3.79. The van der Waals surface area contributed by atoms with Gasteiger partial charge in [-0.3, -0.25) is 0 Å². The van der Waals surface area contributed by atoms with Crippen LogP contribution in [0.4, 0.5) is 0 Å². The molecule has 3 aromatic heterocycles. The van der Waals surface area contributed by atoms with Crippen LogP contribution in [0.1, 0.15) is 5.56 Å². The quantitative estimate of drug-likeness (QED) is 0.205. The van der Waals surface area contributed by atoms with Gasteiger partial charge >= 0.3 is 0 Å². The number of rotatable bonds is 3. The highest BCUT2D eigenvalue weighted by atomic mass is 16.3. The molecule has 0 saturated carbocycles. The molecule has 10 aromatic rings. The molecule has 216 valence electrons. The van der Waals surface area contributed by atoms with Gasteiger partial charge in [0.15, 0.2) is 0 Å². The first-order valence-electron chi connectivity index (χ1n) is 15.6. The van der Waals surface area contributed by atoms with Crippen LogP contribution in [0, 0.1) is 6.92 Å². The average molecular weight is 591 g/mol. The van der Waals surface area contributed by atoms with Crippen molar-refractivity contribution in [1.29, 1.82) is 0 Å². The Labute approximate surface area is 263 Å². The minimum absolute atomic E-state index is 0.859. The van der Waals surface area contributed by atoms with E-state index in [0.717, 1.165) is 99.2 Å². The molecule has 0 saturated heterocycles. The minimum atomic E-state index is 0.859. The minimum Gasteiger partial charge on any atom is -0.456 e. The highest BCUT2D eigenvalue weighted by Gasteiger charge is 2.22. The van der Waals surface area contributed by atoms with Gasteiger partial charge < -0.3 is 13.3 Å². The summed E-state index contributed by atoms with van der Waals surface area (Å²) < 4.78 is 19.7. The summed E-state index contributed by atoms with van der Waals surface area (Å²) in [5.41, 5.74) is 13.0. The number of hydrogen-bond acceptors (Lipinski definition) is 3. The molecule has 3 nitrogen and oxygen atoms in total. The van der Waals surface area contributed by atoms with Gasteiger partial charge in [-0.05, 0) is 71.6 Å². The van der Waals surface area contributed by atoms with Crippen LogP contribution in [0.5, 0.6) is 0 Å². The molecule has 0 N–H and O–H groups in total. The van der Waals surface area contributed by atoms with Gasteiger partial charge in [-0.15, -0.1) is 0 Å². The maximum atomic E-state index is 6.75. The Hall–Kier alpha value is -6.06. The first-order chi connectivity index (χ1) is 22.7. The van der Waals surface area contributed by atoms with Crippen molar-refractivity contribution in [3.05, 3.63) is 145 Å². The SMILES string of the molecule is Cc1ccc(-c2ccc(-c3ccc(-c4ccc5c(c4)oc4ccccc45)c4c3oc3ccccc34)c3c2oc2ccccc23)cc1. The molecule has 0 fully saturated rings. The maximum Gasteiger partial charge on any atom is 0.143 e. The zero-order valence-corrected chi connectivity index (χ0v) is 25.0. The second-order valence-corrected chi connectivity index (χ2v) is 12.1. The first-order valence-corrected chi connectivity index (χ1v) is 15.6. The molecule has 10 rings (SSSR count). The molecule has 7 aromatic carbocycles. The Morgan fingerprint density at radius 1 is 0.348 bits per heavy atom. The number of aryl methyl sites for hydroxylation is 1. The fourth-order valence-electron chi connectivity index (χ4n) is 7.19. The lowest BCUT2D eigenvalue weighted by atomic mass is 9.91. The highest BCUT2D eigenvalue weighted by Crippen LogP contribution is 2.47. The topological polar surface area (TPSA) is 39.4 Å². The van der Waals surface area contributed by atoms with Crippen molar-refractivity contribution in [1.82, 2.24) is 0 Å². The van der Waals surface area contributed by atoms with Crippen molar-refractivity contribution < 1.29 is 13.3 Å². The van der Waals surface area contributed by atoms with Crippen molar-refractivity contribution in [3.63, 3.8) is 0 Å². The Morgan fingerprint density at radius 2 is 0.848 bits per heavy atom. The highest BCUT2D eigenvalue weighted by molar-refractivity contribution is 6.22. The second kappa shape index (κ2) is 9.47. The summed E-state index contributed by atoms with van der Waals surface area (Å²) in [5.74, 6) is 0. The lowest BCUT2D eigenvalue weighted by Gasteiger charge is -2.11. The molecule has 0 aliphatic heterocycles. The fraction of sp³-hybridized carbons (Fsp3) is 0.0233. The third kappa shape index (κ3) is 3.60. The van der Waals surface area contributed by atoms with E-state index in [1.165, 1.54) is 5.56 Å². The van der Waals surface area contributed by atoms with Crippen LogP contribution < -0.4 is 0 Å². The van der Waals surface area contributed by atoms with Crippen LogP contribution in [0.3, 0.4) is 0 Å². The summed E-state index contributed by atoms with van der Waals surface area (Å²) in [6.07, 6.45) is 0. The number of furan rings is 3. The van der Waals surface area contributed by atoms with E-state index in [1.54, 1.807) is 0 Å². The summed E-state index contributed by atoms with van der Waals surface area (Å²) in [6.45, 7) is 2.11.